The Morgan fingerprint density at radius 3 is 2.73 bits per heavy atom. The van der Waals surface area contributed by atoms with Crippen LogP contribution < -0.4 is 10.0 Å². The smallest absolute Gasteiger partial charge is 0.238 e. The van der Waals surface area contributed by atoms with E-state index in [4.69, 9.17) is 9.56 Å². The first-order chi connectivity index (χ1) is 12.4. The lowest BCUT2D eigenvalue weighted by molar-refractivity contribution is 0.489. The Labute approximate surface area is 152 Å². The van der Waals surface area contributed by atoms with Crippen molar-refractivity contribution in [3.8, 4) is 11.3 Å². The van der Waals surface area contributed by atoms with Gasteiger partial charge in [-0.1, -0.05) is 30.3 Å². The van der Waals surface area contributed by atoms with Crippen LogP contribution in [0.15, 0.2) is 64.0 Å². The summed E-state index contributed by atoms with van der Waals surface area (Å²) in [5, 5.41) is 5.24. The van der Waals surface area contributed by atoms with E-state index in [1.807, 2.05) is 30.3 Å². The van der Waals surface area contributed by atoms with Crippen LogP contribution in [0.1, 0.15) is 18.4 Å². The molecule has 26 heavy (non-hydrogen) atoms. The van der Waals surface area contributed by atoms with Crippen molar-refractivity contribution in [2.24, 2.45) is 5.14 Å². The molecule has 7 heteroatoms. The van der Waals surface area contributed by atoms with E-state index < -0.39 is 10.0 Å². The fourth-order valence-electron chi connectivity index (χ4n) is 3.35. The number of benzene rings is 2. The van der Waals surface area contributed by atoms with Crippen molar-refractivity contribution < 1.29 is 12.8 Å². The zero-order valence-electron chi connectivity index (χ0n) is 14.3. The highest BCUT2D eigenvalue weighted by Gasteiger charge is 2.28. The van der Waals surface area contributed by atoms with Crippen LogP contribution in [-0.2, 0) is 23.0 Å². The summed E-state index contributed by atoms with van der Waals surface area (Å²) >= 11 is 0. The molecule has 1 aliphatic heterocycles. The van der Waals surface area contributed by atoms with E-state index >= 15 is 0 Å². The molecular formula is C19H19N3O3S. The van der Waals surface area contributed by atoms with Gasteiger partial charge < -0.3 is 9.32 Å². The van der Waals surface area contributed by atoms with Gasteiger partial charge >= 0.3 is 0 Å². The Hall–Kier alpha value is -2.64. The van der Waals surface area contributed by atoms with Gasteiger partial charge in [-0.2, -0.15) is 0 Å². The molecular weight excluding hydrogens is 350 g/mol. The molecule has 2 heterocycles. The number of fused-ring (bicyclic) bond motifs is 1. The van der Waals surface area contributed by atoms with Crippen LogP contribution in [0.2, 0.25) is 0 Å². The minimum Gasteiger partial charge on any atom is -0.439 e. The minimum atomic E-state index is -3.69. The third-order valence-electron chi connectivity index (χ3n) is 4.65. The molecule has 4 rings (SSSR count). The van der Waals surface area contributed by atoms with Crippen LogP contribution in [0.3, 0.4) is 0 Å². The molecule has 6 nitrogen and oxygen atoms in total. The zero-order valence-corrected chi connectivity index (χ0v) is 15.1. The second-order valence-corrected chi connectivity index (χ2v) is 8.06. The maximum atomic E-state index is 11.6. The average Bonchev–Trinajstić information content (AvgIpc) is 3.20. The second-order valence-electron chi connectivity index (χ2n) is 6.50. The Morgan fingerprint density at radius 2 is 2.00 bits per heavy atom. The average molecular weight is 369 g/mol. The number of anilines is 1. The third-order valence-corrected chi connectivity index (χ3v) is 5.56. The van der Waals surface area contributed by atoms with Crippen molar-refractivity contribution in [2.45, 2.75) is 30.8 Å². The predicted molar refractivity (Wildman–Crippen MR) is 99.1 cm³/mol. The van der Waals surface area contributed by atoms with Gasteiger partial charge in [0.1, 0.15) is 0 Å². The number of nitrogens with zero attached hydrogens (tertiary/aromatic N) is 2. The van der Waals surface area contributed by atoms with E-state index in [0.29, 0.717) is 12.4 Å². The van der Waals surface area contributed by atoms with Crippen LogP contribution in [0.5, 0.6) is 0 Å². The Bertz CT molecular complexity index is 1040. The topological polar surface area (TPSA) is 89.4 Å². The van der Waals surface area contributed by atoms with Gasteiger partial charge in [-0.25, -0.2) is 18.5 Å². The molecule has 134 valence electrons. The van der Waals surface area contributed by atoms with E-state index in [2.05, 4.69) is 16.8 Å². The van der Waals surface area contributed by atoms with Gasteiger partial charge in [-0.3, -0.25) is 0 Å². The number of nitrogens with two attached hydrogens (primary N) is 1. The highest BCUT2D eigenvalue weighted by Crippen LogP contribution is 2.35. The van der Waals surface area contributed by atoms with Crippen LogP contribution in [-0.4, -0.2) is 19.4 Å². The first-order valence-corrected chi connectivity index (χ1v) is 9.89. The second kappa shape index (κ2) is 6.26. The molecule has 1 aromatic heterocycles. The fraction of sp³-hybridized carbons (Fsp3) is 0.211. The Balaban J connectivity index is 1.60. The number of rotatable bonds is 4. The molecule has 2 aromatic carbocycles. The molecule has 0 unspecified atom stereocenters. The summed E-state index contributed by atoms with van der Waals surface area (Å²) < 4.78 is 29.0. The van der Waals surface area contributed by atoms with Crippen LogP contribution in [0.4, 0.5) is 5.69 Å². The molecule has 0 aliphatic carbocycles. The van der Waals surface area contributed by atoms with E-state index in [0.717, 1.165) is 29.0 Å². The van der Waals surface area contributed by atoms with E-state index in [-0.39, 0.29) is 10.9 Å². The summed E-state index contributed by atoms with van der Waals surface area (Å²) in [5.41, 5.74) is 2.95. The van der Waals surface area contributed by atoms with Gasteiger partial charge in [0.2, 0.25) is 15.9 Å². The van der Waals surface area contributed by atoms with Crippen LogP contribution in [0.25, 0.3) is 11.3 Å². The lowest BCUT2D eigenvalue weighted by Crippen LogP contribution is -2.28. The molecule has 0 bridgehead atoms. The van der Waals surface area contributed by atoms with Gasteiger partial charge in [0.15, 0.2) is 5.76 Å². The number of hydrogen-bond acceptors (Lipinski definition) is 5. The largest absolute Gasteiger partial charge is 0.439 e. The molecule has 0 spiro atoms. The quantitative estimate of drug-likeness (QED) is 0.764. The number of oxazole rings is 1. The van der Waals surface area contributed by atoms with Gasteiger partial charge in [-0.15, -0.1) is 0 Å². The highest BCUT2D eigenvalue weighted by molar-refractivity contribution is 7.89. The molecule has 0 saturated carbocycles. The summed E-state index contributed by atoms with van der Waals surface area (Å²) in [5.74, 6) is 1.36. The number of hydrogen-bond donors (Lipinski definition) is 1. The van der Waals surface area contributed by atoms with Gasteiger partial charge in [-0.05, 0) is 37.1 Å². The van der Waals surface area contributed by atoms with Crippen molar-refractivity contribution in [3.63, 3.8) is 0 Å². The van der Waals surface area contributed by atoms with E-state index in [9.17, 15) is 8.42 Å². The van der Waals surface area contributed by atoms with Crippen molar-refractivity contribution in [1.29, 1.82) is 0 Å². The molecule has 1 atom stereocenters. The SMILES string of the molecule is C[C@H]1Cc2cc(S(N)(=O)=O)ccc2N1Cc1ncc(-c2ccccc2)o1. The number of aromatic nitrogens is 1. The molecule has 2 N–H and O–H groups in total. The number of primary sulfonamides is 1. The van der Waals surface area contributed by atoms with Crippen molar-refractivity contribution in [1.82, 2.24) is 4.98 Å². The monoisotopic (exact) mass is 369 g/mol. The lowest BCUT2D eigenvalue weighted by Gasteiger charge is -2.23. The summed E-state index contributed by atoms with van der Waals surface area (Å²) in [6.45, 7) is 2.62. The maximum Gasteiger partial charge on any atom is 0.238 e. The predicted octanol–water partition coefficient (Wildman–Crippen LogP) is 2.94. The maximum absolute atomic E-state index is 11.6. The van der Waals surface area contributed by atoms with Gasteiger partial charge in [0.25, 0.3) is 0 Å². The molecule has 0 radical (unpaired) electrons. The molecule has 3 aromatic rings. The summed E-state index contributed by atoms with van der Waals surface area (Å²) in [6, 6.07) is 15.1. The van der Waals surface area contributed by atoms with Crippen molar-refractivity contribution in [3.05, 3.63) is 66.2 Å². The van der Waals surface area contributed by atoms with E-state index in [1.165, 1.54) is 0 Å². The summed E-state index contributed by atoms with van der Waals surface area (Å²) in [4.78, 5) is 6.71. The molecule has 0 fully saturated rings. The first kappa shape index (κ1) is 16.8. The Kier molecular flexibility index (Phi) is 4.05. The number of sulfonamides is 1. The van der Waals surface area contributed by atoms with Gasteiger partial charge in [0, 0.05) is 17.3 Å². The summed E-state index contributed by atoms with van der Waals surface area (Å²) in [6.07, 6.45) is 2.49. The van der Waals surface area contributed by atoms with Crippen molar-refractivity contribution in [2.75, 3.05) is 4.90 Å². The zero-order chi connectivity index (χ0) is 18.3. The first-order valence-electron chi connectivity index (χ1n) is 8.34. The lowest BCUT2D eigenvalue weighted by atomic mass is 10.1. The Morgan fingerprint density at radius 1 is 1.23 bits per heavy atom. The van der Waals surface area contributed by atoms with Gasteiger partial charge in [0.05, 0.1) is 17.6 Å². The molecule has 0 amide bonds. The summed E-state index contributed by atoms with van der Waals surface area (Å²) in [7, 11) is -3.69. The molecule has 0 saturated heterocycles. The van der Waals surface area contributed by atoms with Crippen LogP contribution in [0, 0.1) is 0 Å². The van der Waals surface area contributed by atoms with E-state index in [1.54, 1.807) is 24.4 Å². The van der Waals surface area contributed by atoms with Crippen LogP contribution >= 0.6 is 0 Å². The normalized spacial score (nSPS) is 16.7. The highest BCUT2D eigenvalue weighted by atomic mass is 32.2. The van der Waals surface area contributed by atoms with Crippen molar-refractivity contribution >= 4 is 15.7 Å². The molecule has 1 aliphatic rings. The third kappa shape index (κ3) is 3.11. The standard InChI is InChI=1S/C19H19N3O3S/c1-13-9-15-10-16(26(20,23)24)7-8-17(15)22(13)12-19-21-11-18(25-19)14-5-3-2-4-6-14/h2-8,10-11,13H,9,12H2,1H3,(H2,20,23,24)/t13-/m0/s1. The minimum absolute atomic E-state index is 0.146. The fourth-order valence-corrected chi connectivity index (χ4v) is 3.92.